The van der Waals surface area contributed by atoms with Crippen LogP contribution < -0.4 is 0 Å². The van der Waals surface area contributed by atoms with Crippen molar-refractivity contribution in [2.24, 2.45) is 0 Å². The first-order valence-corrected chi connectivity index (χ1v) is 8.05. The molecular formula is C18H26O. The highest BCUT2D eigenvalue weighted by Crippen LogP contribution is 2.52. The molecule has 0 unspecified atom stereocenters. The minimum Gasteiger partial charge on any atom is -0.389 e. The van der Waals surface area contributed by atoms with Crippen LogP contribution in [-0.4, -0.2) is 10.7 Å². The first kappa shape index (κ1) is 13.2. The fraction of sp³-hybridized carbons (Fsp3) is 0.667. The minimum atomic E-state index is -0.451. The maximum Gasteiger partial charge on any atom is 0.0743 e. The zero-order valence-electron chi connectivity index (χ0n) is 11.9. The molecule has 1 N–H and O–H groups in total. The van der Waals surface area contributed by atoms with E-state index in [0.717, 1.165) is 12.8 Å². The first-order chi connectivity index (χ1) is 9.27. The molecule has 0 aromatic heterocycles. The predicted octanol–water partition coefficient (Wildman–Crippen LogP) is 4.58. The molecule has 104 valence electrons. The molecule has 0 heterocycles. The van der Waals surface area contributed by atoms with Gasteiger partial charge in [-0.05, 0) is 31.2 Å². The van der Waals surface area contributed by atoms with Crippen LogP contribution in [0.25, 0.3) is 0 Å². The molecule has 2 aliphatic rings. The van der Waals surface area contributed by atoms with Gasteiger partial charge in [-0.25, -0.2) is 0 Å². The molecule has 1 heteroatoms. The lowest BCUT2D eigenvalue weighted by atomic mass is 9.56. The summed E-state index contributed by atoms with van der Waals surface area (Å²) < 4.78 is 0. The van der Waals surface area contributed by atoms with E-state index in [9.17, 15) is 5.11 Å². The predicted molar refractivity (Wildman–Crippen MR) is 79.2 cm³/mol. The highest BCUT2D eigenvalue weighted by atomic mass is 16.3. The molecule has 3 rings (SSSR count). The van der Waals surface area contributed by atoms with Crippen molar-refractivity contribution < 1.29 is 5.11 Å². The monoisotopic (exact) mass is 258 g/mol. The Balaban J connectivity index is 2.01. The first-order valence-electron chi connectivity index (χ1n) is 8.05. The molecule has 2 fully saturated rings. The van der Waals surface area contributed by atoms with Gasteiger partial charge in [0.15, 0.2) is 0 Å². The maximum absolute atomic E-state index is 11.4. The van der Waals surface area contributed by atoms with Crippen molar-refractivity contribution in [3.8, 4) is 0 Å². The minimum absolute atomic E-state index is 0.0347. The number of benzene rings is 1. The zero-order chi connectivity index (χ0) is 13.2. The average molecular weight is 258 g/mol. The standard InChI is InChI=1S/C18H26O/c19-18(14-8-3-9-15-18)17(12-6-2-7-13-17)16-10-4-1-5-11-16/h1,4-5,10-11,19H,2-3,6-9,12-15H2. The molecule has 0 bridgehead atoms. The molecule has 1 aromatic rings. The molecule has 0 radical (unpaired) electrons. The van der Waals surface area contributed by atoms with Crippen LogP contribution in [-0.2, 0) is 5.41 Å². The van der Waals surface area contributed by atoms with E-state index in [4.69, 9.17) is 0 Å². The van der Waals surface area contributed by atoms with Crippen LogP contribution >= 0.6 is 0 Å². The topological polar surface area (TPSA) is 20.2 Å². The van der Waals surface area contributed by atoms with Gasteiger partial charge >= 0.3 is 0 Å². The molecule has 1 nitrogen and oxygen atoms in total. The van der Waals surface area contributed by atoms with Gasteiger partial charge in [0.05, 0.1) is 5.60 Å². The number of hydrogen-bond acceptors (Lipinski definition) is 1. The summed E-state index contributed by atoms with van der Waals surface area (Å²) in [5.74, 6) is 0. The molecular weight excluding hydrogens is 232 g/mol. The molecule has 1 aromatic carbocycles. The van der Waals surface area contributed by atoms with Crippen molar-refractivity contribution in [3.63, 3.8) is 0 Å². The summed E-state index contributed by atoms with van der Waals surface area (Å²) in [5, 5.41) is 11.4. The van der Waals surface area contributed by atoms with Gasteiger partial charge in [0.1, 0.15) is 0 Å². The summed E-state index contributed by atoms with van der Waals surface area (Å²) in [4.78, 5) is 0. The lowest BCUT2D eigenvalue weighted by Gasteiger charge is -2.52. The molecule has 0 spiro atoms. The van der Waals surface area contributed by atoms with Gasteiger partial charge in [-0.1, -0.05) is 68.9 Å². The second-order valence-corrected chi connectivity index (χ2v) is 6.60. The fourth-order valence-electron chi connectivity index (χ4n) is 4.55. The van der Waals surface area contributed by atoms with Crippen molar-refractivity contribution in [1.29, 1.82) is 0 Å². The second kappa shape index (κ2) is 5.28. The number of aliphatic hydroxyl groups is 1. The van der Waals surface area contributed by atoms with Crippen LogP contribution in [0.15, 0.2) is 30.3 Å². The third kappa shape index (κ3) is 2.23. The SMILES string of the molecule is OC1(C2(c3ccccc3)CCCCC2)CCCCC1. The summed E-state index contributed by atoms with van der Waals surface area (Å²) in [6.45, 7) is 0. The Bertz CT molecular complexity index is 397. The van der Waals surface area contributed by atoms with E-state index in [0.29, 0.717) is 0 Å². The summed E-state index contributed by atoms with van der Waals surface area (Å²) in [6, 6.07) is 10.9. The second-order valence-electron chi connectivity index (χ2n) is 6.60. The van der Waals surface area contributed by atoms with E-state index in [1.807, 2.05) is 0 Å². The third-order valence-corrected chi connectivity index (χ3v) is 5.60. The molecule has 0 saturated heterocycles. The number of rotatable bonds is 2. The van der Waals surface area contributed by atoms with Gasteiger partial charge in [0.25, 0.3) is 0 Å². The Morgan fingerprint density at radius 1 is 0.684 bits per heavy atom. The van der Waals surface area contributed by atoms with Crippen molar-refractivity contribution in [2.75, 3.05) is 0 Å². The van der Waals surface area contributed by atoms with Crippen LogP contribution in [0.3, 0.4) is 0 Å². The highest BCUT2D eigenvalue weighted by Gasteiger charge is 2.51. The summed E-state index contributed by atoms with van der Waals surface area (Å²) in [5.41, 5.74) is 0.971. The summed E-state index contributed by atoms with van der Waals surface area (Å²) in [6.07, 6.45) is 11.9. The quantitative estimate of drug-likeness (QED) is 0.823. The van der Waals surface area contributed by atoms with Gasteiger partial charge in [0.2, 0.25) is 0 Å². The normalized spacial score (nSPS) is 25.9. The summed E-state index contributed by atoms with van der Waals surface area (Å²) in [7, 11) is 0. The Kier molecular flexibility index (Phi) is 3.66. The highest BCUT2D eigenvalue weighted by molar-refractivity contribution is 5.31. The Hall–Kier alpha value is -0.820. The van der Waals surface area contributed by atoms with E-state index >= 15 is 0 Å². The van der Waals surface area contributed by atoms with Crippen molar-refractivity contribution >= 4 is 0 Å². The molecule has 2 saturated carbocycles. The van der Waals surface area contributed by atoms with Gasteiger partial charge in [0, 0.05) is 5.41 Å². The van der Waals surface area contributed by atoms with Gasteiger partial charge in [-0.3, -0.25) is 0 Å². The van der Waals surface area contributed by atoms with E-state index in [1.165, 1.54) is 56.9 Å². The van der Waals surface area contributed by atoms with Crippen LogP contribution in [0.4, 0.5) is 0 Å². The maximum atomic E-state index is 11.4. The van der Waals surface area contributed by atoms with E-state index in [1.54, 1.807) is 0 Å². The molecule has 0 aliphatic heterocycles. The van der Waals surface area contributed by atoms with E-state index < -0.39 is 5.60 Å². The molecule has 19 heavy (non-hydrogen) atoms. The Labute approximate surface area is 117 Å². The van der Waals surface area contributed by atoms with E-state index in [2.05, 4.69) is 30.3 Å². The van der Waals surface area contributed by atoms with Crippen LogP contribution in [0.5, 0.6) is 0 Å². The third-order valence-electron chi connectivity index (χ3n) is 5.60. The smallest absolute Gasteiger partial charge is 0.0743 e. The Morgan fingerprint density at radius 2 is 1.21 bits per heavy atom. The lowest BCUT2D eigenvalue weighted by Crippen LogP contribution is -2.53. The van der Waals surface area contributed by atoms with Gasteiger partial charge in [-0.2, -0.15) is 0 Å². The van der Waals surface area contributed by atoms with E-state index in [-0.39, 0.29) is 5.41 Å². The Morgan fingerprint density at radius 3 is 1.79 bits per heavy atom. The van der Waals surface area contributed by atoms with Gasteiger partial charge < -0.3 is 5.11 Å². The van der Waals surface area contributed by atoms with Crippen molar-refractivity contribution in [3.05, 3.63) is 35.9 Å². The van der Waals surface area contributed by atoms with Crippen LogP contribution in [0.2, 0.25) is 0 Å². The van der Waals surface area contributed by atoms with Crippen molar-refractivity contribution in [1.82, 2.24) is 0 Å². The molecule has 0 atom stereocenters. The molecule has 0 amide bonds. The summed E-state index contributed by atoms with van der Waals surface area (Å²) >= 11 is 0. The number of hydrogen-bond donors (Lipinski definition) is 1. The largest absolute Gasteiger partial charge is 0.389 e. The fourth-order valence-corrected chi connectivity index (χ4v) is 4.55. The van der Waals surface area contributed by atoms with Gasteiger partial charge in [-0.15, -0.1) is 0 Å². The average Bonchev–Trinajstić information content (AvgIpc) is 2.49. The van der Waals surface area contributed by atoms with Crippen LogP contribution in [0.1, 0.15) is 69.8 Å². The zero-order valence-corrected chi connectivity index (χ0v) is 11.9. The van der Waals surface area contributed by atoms with Crippen LogP contribution in [0, 0.1) is 0 Å². The van der Waals surface area contributed by atoms with Crippen molar-refractivity contribution in [2.45, 2.75) is 75.2 Å². The molecule has 2 aliphatic carbocycles. The lowest BCUT2D eigenvalue weighted by molar-refractivity contribution is -0.0834.